The van der Waals surface area contributed by atoms with E-state index in [-0.39, 0.29) is 6.10 Å². The van der Waals surface area contributed by atoms with E-state index in [9.17, 15) is 5.11 Å². The minimum Gasteiger partial charge on any atom is -0.391 e. The Balaban J connectivity index is 1.68. The van der Waals surface area contributed by atoms with Gasteiger partial charge in [0, 0.05) is 7.11 Å². The van der Waals surface area contributed by atoms with Gasteiger partial charge in [-0.05, 0) is 68.1 Å². The molecule has 2 heteroatoms. The van der Waals surface area contributed by atoms with Crippen LogP contribution >= 0.6 is 0 Å². The maximum absolute atomic E-state index is 9.98. The Morgan fingerprint density at radius 3 is 2.06 bits per heavy atom. The molecule has 2 nitrogen and oxygen atoms in total. The van der Waals surface area contributed by atoms with Crippen LogP contribution in [0.3, 0.4) is 0 Å². The van der Waals surface area contributed by atoms with Gasteiger partial charge in [0.05, 0.1) is 12.7 Å². The number of hydrogen-bond acceptors (Lipinski definition) is 2. The predicted octanol–water partition coefficient (Wildman–Crippen LogP) is 2.60. The highest BCUT2D eigenvalue weighted by Crippen LogP contribution is 2.61. The summed E-state index contributed by atoms with van der Waals surface area (Å²) in [4.78, 5) is 0. The van der Waals surface area contributed by atoms with Gasteiger partial charge in [-0.25, -0.2) is 0 Å². The number of aliphatic hydroxyl groups excluding tert-OH is 1. The second-order valence-electron chi connectivity index (χ2n) is 6.73. The first-order valence-electron chi connectivity index (χ1n) is 6.86. The van der Waals surface area contributed by atoms with E-state index in [0.717, 1.165) is 24.2 Å². The van der Waals surface area contributed by atoms with E-state index >= 15 is 0 Å². The Morgan fingerprint density at radius 2 is 1.62 bits per heavy atom. The van der Waals surface area contributed by atoms with Gasteiger partial charge in [-0.2, -0.15) is 0 Å². The van der Waals surface area contributed by atoms with Gasteiger partial charge in [-0.15, -0.1) is 0 Å². The zero-order chi connectivity index (χ0) is 11.2. The molecule has 0 saturated heterocycles. The summed E-state index contributed by atoms with van der Waals surface area (Å²) in [6.07, 6.45) is 9.38. The lowest BCUT2D eigenvalue weighted by atomic mass is 9.48. The molecule has 0 aromatic heterocycles. The summed E-state index contributed by atoms with van der Waals surface area (Å²) in [5, 5.41) is 9.98. The van der Waals surface area contributed by atoms with Crippen molar-refractivity contribution in [2.24, 2.45) is 23.2 Å². The maximum Gasteiger partial charge on any atom is 0.0778 e. The first-order chi connectivity index (χ1) is 7.69. The molecule has 0 amide bonds. The number of aliphatic hydroxyl groups is 1. The van der Waals surface area contributed by atoms with E-state index < -0.39 is 0 Å². The van der Waals surface area contributed by atoms with Gasteiger partial charge in [0.2, 0.25) is 0 Å². The molecule has 4 aliphatic rings. The van der Waals surface area contributed by atoms with Crippen molar-refractivity contribution in [2.75, 3.05) is 13.7 Å². The lowest BCUT2D eigenvalue weighted by Crippen LogP contribution is -2.47. The maximum atomic E-state index is 9.98. The molecule has 92 valence electrons. The van der Waals surface area contributed by atoms with E-state index in [0.29, 0.717) is 12.0 Å². The monoisotopic (exact) mass is 224 g/mol. The molecule has 1 N–H and O–H groups in total. The first kappa shape index (κ1) is 11.0. The Morgan fingerprint density at radius 1 is 1.12 bits per heavy atom. The van der Waals surface area contributed by atoms with Gasteiger partial charge < -0.3 is 9.84 Å². The van der Waals surface area contributed by atoms with Crippen molar-refractivity contribution in [1.29, 1.82) is 0 Å². The summed E-state index contributed by atoms with van der Waals surface area (Å²) < 4.78 is 5.07. The van der Waals surface area contributed by atoms with Crippen LogP contribution in [0.5, 0.6) is 0 Å². The third kappa shape index (κ3) is 1.91. The number of rotatable bonds is 4. The van der Waals surface area contributed by atoms with Crippen LogP contribution in [0.4, 0.5) is 0 Å². The molecule has 4 aliphatic carbocycles. The fourth-order valence-corrected chi connectivity index (χ4v) is 5.29. The van der Waals surface area contributed by atoms with Crippen LogP contribution in [0.25, 0.3) is 0 Å². The molecule has 16 heavy (non-hydrogen) atoms. The molecule has 4 saturated carbocycles. The van der Waals surface area contributed by atoms with Crippen LogP contribution in [-0.2, 0) is 4.74 Å². The molecule has 4 fully saturated rings. The number of methoxy groups -OCH3 is 1. The average Bonchev–Trinajstić information content (AvgIpc) is 2.13. The van der Waals surface area contributed by atoms with E-state index in [2.05, 4.69) is 0 Å². The Bertz CT molecular complexity index is 226. The predicted molar refractivity (Wildman–Crippen MR) is 63.1 cm³/mol. The molecule has 0 aromatic rings. The lowest BCUT2D eigenvalue weighted by Gasteiger charge is -2.57. The van der Waals surface area contributed by atoms with Crippen LogP contribution in [0.1, 0.15) is 44.9 Å². The Hall–Kier alpha value is -0.0800. The molecule has 0 aliphatic heterocycles. The summed E-state index contributed by atoms with van der Waals surface area (Å²) in [6.45, 7) is 0.516. The third-order valence-corrected chi connectivity index (χ3v) is 5.19. The largest absolute Gasteiger partial charge is 0.391 e. The van der Waals surface area contributed by atoms with Crippen molar-refractivity contribution >= 4 is 0 Å². The average molecular weight is 224 g/mol. The minimum atomic E-state index is -0.235. The fraction of sp³-hybridized carbons (Fsp3) is 1.00. The van der Waals surface area contributed by atoms with E-state index in [1.165, 1.54) is 38.5 Å². The SMILES string of the molecule is COCC(O)CC12CC3CC(CC(C3)C1)C2. The van der Waals surface area contributed by atoms with Gasteiger partial charge >= 0.3 is 0 Å². The Kier molecular flexibility index (Phi) is 2.75. The van der Waals surface area contributed by atoms with Gasteiger partial charge in [0.1, 0.15) is 0 Å². The second-order valence-corrected chi connectivity index (χ2v) is 6.73. The van der Waals surface area contributed by atoms with E-state index in [1.54, 1.807) is 7.11 Å². The van der Waals surface area contributed by atoms with Gasteiger partial charge in [-0.3, -0.25) is 0 Å². The van der Waals surface area contributed by atoms with E-state index in [1.807, 2.05) is 0 Å². The molecule has 4 bridgehead atoms. The quantitative estimate of drug-likeness (QED) is 0.795. The van der Waals surface area contributed by atoms with Crippen LogP contribution in [0, 0.1) is 23.2 Å². The molecule has 1 atom stereocenters. The normalized spacial score (nSPS) is 47.2. The molecule has 0 spiro atoms. The Labute approximate surface area is 98.4 Å². The van der Waals surface area contributed by atoms with Crippen molar-refractivity contribution in [3.63, 3.8) is 0 Å². The van der Waals surface area contributed by atoms with Crippen molar-refractivity contribution in [3.8, 4) is 0 Å². The van der Waals surface area contributed by atoms with Crippen molar-refractivity contribution in [2.45, 2.75) is 51.0 Å². The second kappa shape index (κ2) is 3.99. The molecule has 1 unspecified atom stereocenters. The lowest BCUT2D eigenvalue weighted by molar-refractivity contribution is -0.0837. The molecular weight excluding hydrogens is 200 g/mol. The molecular formula is C14H24O2. The van der Waals surface area contributed by atoms with E-state index in [4.69, 9.17) is 4.74 Å². The van der Waals surface area contributed by atoms with Crippen LogP contribution in [0.15, 0.2) is 0 Å². The standard InChI is InChI=1S/C14H24O2/c1-16-9-13(15)8-14-5-10-2-11(6-14)4-12(3-10)7-14/h10-13,15H,2-9H2,1H3. The summed E-state index contributed by atoms with van der Waals surface area (Å²) in [6, 6.07) is 0. The van der Waals surface area contributed by atoms with Gasteiger partial charge in [0.25, 0.3) is 0 Å². The molecule has 0 aromatic carbocycles. The van der Waals surface area contributed by atoms with Gasteiger partial charge in [0.15, 0.2) is 0 Å². The molecule has 0 radical (unpaired) electrons. The topological polar surface area (TPSA) is 29.5 Å². The highest BCUT2D eigenvalue weighted by Gasteiger charge is 2.51. The van der Waals surface area contributed by atoms with Crippen molar-refractivity contribution in [1.82, 2.24) is 0 Å². The zero-order valence-electron chi connectivity index (χ0n) is 10.3. The van der Waals surface area contributed by atoms with Crippen molar-refractivity contribution < 1.29 is 9.84 Å². The number of ether oxygens (including phenoxy) is 1. The highest BCUT2D eigenvalue weighted by molar-refractivity contribution is 5.01. The third-order valence-electron chi connectivity index (χ3n) is 5.19. The van der Waals surface area contributed by atoms with Crippen LogP contribution < -0.4 is 0 Å². The number of hydrogen-bond donors (Lipinski definition) is 1. The fourth-order valence-electron chi connectivity index (χ4n) is 5.29. The molecule has 0 heterocycles. The highest BCUT2D eigenvalue weighted by atomic mass is 16.5. The van der Waals surface area contributed by atoms with Crippen LogP contribution in [-0.4, -0.2) is 24.9 Å². The van der Waals surface area contributed by atoms with Gasteiger partial charge in [-0.1, -0.05) is 0 Å². The van der Waals surface area contributed by atoms with Crippen molar-refractivity contribution in [3.05, 3.63) is 0 Å². The summed E-state index contributed by atoms with van der Waals surface area (Å²) >= 11 is 0. The molecule has 4 rings (SSSR count). The minimum absolute atomic E-state index is 0.235. The summed E-state index contributed by atoms with van der Waals surface area (Å²) in [5.74, 6) is 2.96. The summed E-state index contributed by atoms with van der Waals surface area (Å²) in [5.41, 5.74) is 0.493. The zero-order valence-corrected chi connectivity index (χ0v) is 10.3. The smallest absolute Gasteiger partial charge is 0.0778 e. The van der Waals surface area contributed by atoms with Crippen LogP contribution in [0.2, 0.25) is 0 Å². The summed E-state index contributed by atoms with van der Waals surface area (Å²) in [7, 11) is 1.68. The first-order valence-corrected chi connectivity index (χ1v) is 6.86.